The Labute approximate surface area is 213 Å². The van der Waals surface area contributed by atoms with Crippen LogP contribution in [0.1, 0.15) is 47.9 Å². The van der Waals surface area contributed by atoms with E-state index < -0.39 is 49.2 Å². The Morgan fingerprint density at radius 2 is 1.81 bits per heavy atom. The molecule has 37 heavy (non-hydrogen) atoms. The number of halogens is 5. The predicted molar refractivity (Wildman–Crippen MR) is 133 cm³/mol. The molecular formula is C28H32F5N3O. The van der Waals surface area contributed by atoms with Gasteiger partial charge in [-0.25, -0.2) is 17.6 Å². The summed E-state index contributed by atoms with van der Waals surface area (Å²) in [6.45, 7) is 1.89. The van der Waals surface area contributed by atoms with Gasteiger partial charge < -0.3 is 15.0 Å². The van der Waals surface area contributed by atoms with Gasteiger partial charge >= 0.3 is 0 Å². The summed E-state index contributed by atoms with van der Waals surface area (Å²) in [5.41, 5.74) is 1.97. The highest BCUT2D eigenvalue weighted by molar-refractivity contribution is 5.85. The SMILES string of the molecule is C[C@@H]1Cc2c([nH]c3ccccc23)[C@@H](c2c(F)cc(C(F)C3CN(CCCF)C3)cc2F)N1CC(F)CO. The Hall–Kier alpha value is -2.49. The van der Waals surface area contributed by atoms with Crippen LogP contribution in [0.4, 0.5) is 22.0 Å². The number of H-pyrrole nitrogens is 1. The summed E-state index contributed by atoms with van der Waals surface area (Å²) in [6, 6.07) is 8.43. The van der Waals surface area contributed by atoms with Crippen molar-refractivity contribution in [1.29, 1.82) is 0 Å². The predicted octanol–water partition coefficient (Wildman–Crippen LogP) is 5.41. The number of para-hydroxylation sites is 1. The Morgan fingerprint density at radius 1 is 1.11 bits per heavy atom. The summed E-state index contributed by atoms with van der Waals surface area (Å²) in [4.78, 5) is 6.88. The molecule has 3 heterocycles. The summed E-state index contributed by atoms with van der Waals surface area (Å²) in [5, 5.41) is 10.3. The second kappa shape index (κ2) is 10.7. The number of hydrogen-bond acceptors (Lipinski definition) is 3. The number of likely N-dealkylation sites (tertiary alicyclic amines) is 1. The Bertz CT molecular complexity index is 1220. The molecule has 0 aliphatic carbocycles. The van der Waals surface area contributed by atoms with Crippen LogP contribution >= 0.6 is 0 Å². The summed E-state index contributed by atoms with van der Waals surface area (Å²) >= 11 is 0. The van der Waals surface area contributed by atoms with Crippen molar-refractivity contribution in [3.8, 4) is 0 Å². The smallest absolute Gasteiger partial charge is 0.136 e. The summed E-state index contributed by atoms with van der Waals surface area (Å²) in [6.07, 6.45) is -2.21. The van der Waals surface area contributed by atoms with Gasteiger partial charge in [-0.3, -0.25) is 9.29 Å². The first-order valence-corrected chi connectivity index (χ1v) is 12.8. The Balaban J connectivity index is 1.51. The second-order valence-electron chi connectivity index (χ2n) is 10.4. The van der Waals surface area contributed by atoms with Gasteiger partial charge in [0.15, 0.2) is 0 Å². The van der Waals surface area contributed by atoms with E-state index in [1.807, 2.05) is 36.1 Å². The highest BCUT2D eigenvalue weighted by atomic mass is 19.1. The zero-order valence-electron chi connectivity index (χ0n) is 20.7. The van der Waals surface area contributed by atoms with Crippen molar-refractivity contribution in [2.24, 2.45) is 5.92 Å². The van der Waals surface area contributed by atoms with E-state index in [2.05, 4.69) is 4.98 Å². The van der Waals surface area contributed by atoms with E-state index in [0.29, 0.717) is 38.2 Å². The molecule has 0 radical (unpaired) electrons. The zero-order valence-corrected chi connectivity index (χ0v) is 20.7. The Morgan fingerprint density at radius 3 is 2.49 bits per heavy atom. The van der Waals surface area contributed by atoms with Gasteiger partial charge in [-0.15, -0.1) is 0 Å². The van der Waals surface area contributed by atoms with E-state index in [0.717, 1.165) is 28.6 Å². The van der Waals surface area contributed by atoms with Crippen molar-refractivity contribution >= 4 is 10.9 Å². The zero-order chi connectivity index (χ0) is 26.3. The average molecular weight is 522 g/mol. The lowest BCUT2D eigenvalue weighted by atomic mass is 9.85. The lowest BCUT2D eigenvalue weighted by Gasteiger charge is -2.42. The molecule has 9 heteroatoms. The molecule has 5 rings (SSSR count). The van der Waals surface area contributed by atoms with E-state index in [-0.39, 0.29) is 23.7 Å². The average Bonchev–Trinajstić information content (AvgIpc) is 3.22. The van der Waals surface area contributed by atoms with Crippen LogP contribution in [0.5, 0.6) is 0 Å². The number of aliphatic hydroxyl groups excluding tert-OH is 1. The van der Waals surface area contributed by atoms with Crippen molar-refractivity contribution in [1.82, 2.24) is 14.8 Å². The summed E-state index contributed by atoms with van der Waals surface area (Å²) < 4.78 is 73.4. The van der Waals surface area contributed by atoms with Gasteiger partial charge in [0.2, 0.25) is 0 Å². The minimum absolute atomic E-state index is 0.0695. The van der Waals surface area contributed by atoms with Crippen LogP contribution in [-0.2, 0) is 6.42 Å². The fraction of sp³-hybridized carbons (Fsp3) is 0.500. The van der Waals surface area contributed by atoms with Crippen LogP contribution in [-0.4, -0.2) is 71.6 Å². The van der Waals surface area contributed by atoms with Crippen molar-refractivity contribution < 1.29 is 27.1 Å². The fourth-order valence-electron chi connectivity index (χ4n) is 5.95. The molecule has 0 spiro atoms. The quantitative estimate of drug-likeness (QED) is 0.370. The van der Waals surface area contributed by atoms with E-state index in [4.69, 9.17) is 0 Å². The van der Waals surface area contributed by atoms with Crippen molar-refractivity contribution in [2.75, 3.05) is 39.5 Å². The molecule has 200 valence electrons. The molecule has 2 aromatic carbocycles. The number of nitrogens with zero attached hydrogens (tertiary/aromatic N) is 2. The van der Waals surface area contributed by atoms with Crippen LogP contribution in [0.25, 0.3) is 10.9 Å². The highest BCUT2D eigenvalue weighted by Crippen LogP contribution is 2.43. The first-order chi connectivity index (χ1) is 17.8. The molecule has 1 saturated heterocycles. The molecule has 1 aromatic heterocycles. The van der Waals surface area contributed by atoms with E-state index in [1.165, 1.54) is 0 Å². The molecule has 0 saturated carbocycles. The van der Waals surface area contributed by atoms with Gasteiger partial charge in [-0.1, -0.05) is 18.2 Å². The molecule has 0 bridgehead atoms. The molecule has 4 nitrogen and oxygen atoms in total. The van der Waals surface area contributed by atoms with E-state index in [9.17, 15) is 13.9 Å². The third kappa shape index (κ3) is 4.89. The van der Waals surface area contributed by atoms with Crippen LogP contribution < -0.4 is 0 Å². The third-order valence-electron chi connectivity index (χ3n) is 7.82. The van der Waals surface area contributed by atoms with Crippen LogP contribution in [0.2, 0.25) is 0 Å². The molecule has 2 aliphatic heterocycles. The van der Waals surface area contributed by atoms with Gasteiger partial charge in [0, 0.05) is 60.3 Å². The van der Waals surface area contributed by atoms with Gasteiger partial charge in [0.05, 0.1) is 19.3 Å². The first-order valence-electron chi connectivity index (χ1n) is 12.8. The number of aromatic nitrogens is 1. The first kappa shape index (κ1) is 26.1. The lowest BCUT2D eigenvalue weighted by Crippen LogP contribution is -2.48. The van der Waals surface area contributed by atoms with Crippen LogP contribution in [0, 0.1) is 17.6 Å². The van der Waals surface area contributed by atoms with E-state index in [1.54, 1.807) is 4.90 Å². The highest BCUT2D eigenvalue weighted by Gasteiger charge is 2.41. The molecule has 2 unspecified atom stereocenters. The maximum Gasteiger partial charge on any atom is 0.136 e. The third-order valence-corrected chi connectivity index (χ3v) is 7.82. The number of rotatable bonds is 9. The fourth-order valence-corrected chi connectivity index (χ4v) is 5.95. The number of nitrogens with one attached hydrogen (secondary N) is 1. The number of aromatic amines is 1. The van der Waals surface area contributed by atoms with Crippen molar-refractivity contribution in [3.63, 3.8) is 0 Å². The maximum absolute atomic E-state index is 15.7. The van der Waals surface area contributed by atoms with Gasteiger partial charge in [0.25, 0.3) is 0 Å². The lowest BCUT2D eigenvalue weighted by molar-refractivity contribution is 0.0360. The molecule has 0 amide bonds. The van der Waals surface area contributed by atoms with Gasteiger partial charge in [-0.2, -0.15) is 0 Å². The Kier molecular flexibility index (Phi) is 7.56. The minimum Gasteiger partial charge on any atom is -0.393 e. The van der Waals surface area contributed by atoms with Gasteiger partial charge in [-0.05, 0) is 49.1 Å². The number of fused-ring (bicyclic) bond motifs is 3. The largest absolute Gasteiger partial charge is 0.393 e. The summed E-state index contributed by atoms with van der Waals surface area (Å²) in [5.74, 6) is -2.19. The topological polar surface area (TPSA) is 42.5 Å². The van der Waals surface area contributed by atoms with Crippen molar-refractivity contribution in [2.45, 2.75) is 44.2 Å². The normalized spacial score (nSPS) is 22.7. The number of benzene rings is 2. The maximum atomic E-state index is 15.7. The van der Waals surface area contributed by atoms with Crippen molar-refractivity contribution in [3.05, 3.63) is 70.4 Å². The van der Waals surface area contributed by atoms with Crippen LogP contribution in [0.3, 0.4) is 0 Å². The molecule has 1 fully saturated rings. The van der Waals surface area contributed by atoms with E-state index >= 15 is 13.2 Å². The monoisotopic (exact) mass is 521 g/mol. The molecular weight excluding hydrogens is 489 g/mol. The number of alkyl halides is 3. The number of hydrogen-bond donors (Lipinski definition) is 2. The van der Waals surface area contributed by atoms with Gasteiger partial charge in [0.1, 0.15) is 24.0 Å². The summed E-state index contributed by atoms with van der Waals surface area (Å²) in [7, 11) is 0. The molecule has 3 aromatic rings. The molecule has 2 N–H and O–H groups in total. The minimum atomic E-state index is -1.59. The number of aliphatic hydroxyl groups is 1. The van der Waals surface area contributed by atoms with Crippen LogP contribution in [0.15, 0.2) is 36.4 Å². The molecule has 2 aliphatic rings. The molecule has 4 atom stereocenters. The second-order valence-corrected chi connectivity index (χ2v) is 10.4. The standard InChI is InChI=1S/C28H32F5N3O/c1-16-9-21-20-5-2-3-6-24(20)34-27(21)28(36(16)14-19(30)15-37)25-22(31)10-17(11-23(25)32)26(33)18-12-35(13-18)8-4-7-29/h2-3,5-6,10-11,16,18-19,26,28,34,37H,4,7-9,12-15H2,1H3/t16-,19?,26?,28-/m1/s1.